The van der Waals surface area contributed by atoms with Crippen LogP contribution in [0.15, 0.2) is 0 Å². The minimum atomic E-state index is -0.706. The normalized spacial score (nSPS) is 60.6. The third kappa shape index (κ3) is 1.43. The molecule has 126 valence electrons. The fraction of sp³-hybridized carbons (Fsp3) is 0.895. The van der Waals surface area contributed by atoms with Crippen molar-refractivity contribution >= 4 is 11.6 Å². The van der Waals surface area contributed by atoms with Crippen LogP contribution < -0.4 is 0 Å². The molecule has 0 amide bonds. The minimum Gasteiger partial charge on any atom is -0.390 e. The Morgan fingerprint density at radius 2 is 1.83 bits per heavy atom. The molecule has 0 aromatic heterocycles. The van der Waals surface area contributed by atoms with Crippen LogP contribution in [0.3, 0.4) is 0 Å². The average molecular weight is 318 g/mol. The lowest BCUT2D eigenvalue weighted by molar-refractivity contribution is -0.157. The summed E-state index contributed by atoms with van der Waals surface area (Å²) in [4.78, 5) is 25.5. The molecule has 4 saturated carbocycles. The summed E-state index contributed by atoms with van der Waals surface area (Å²) in [6, 6.07) is 0. The Hall–Kier alpha value is -0.740. The highest BCUT2D eigenvalue weighted by atomic mass is 16.6. The van der Waals surface area contributed by atoms with E-state index < -0.39 is 11.7 Å². The Labute approximate surface area is 137 Å². The molecule has 0 aromatic rings. The molecule has 1 aliphatic heterocycles. The Morgan fingerprint density at radius 3 is 2.61 bits per heavy atom. The molecule has 1 saturated heterocycles. The number of fused-ring (bicyclic) bond motifs is 4. The van der Waals surface area contributed by atoms with E-state index in [0.29, 0.717) is 36.4 Å². The van der Waals surface area contributed by atoms with Crippen LogP contribution in [0.1, 0.15) is 58.8 Å². The predicted molar refractivity (Wildman–Crippen MR) is 82.6 cm³/mol. The van der Waals surface area contributed by atoms with Crippen LogP contribution in [0, 0.1) is 28.6 Å². The quantitative estimate of drug-likeness (QED) is 0.696. The summed E-state index contributed by atoms with van der Waals surface area (Å²) < 4.78 is 5.94. The molecule has 1 N–H and O–H groups in total. The molecule has 0 radical (unpaired) electrons. The van der Waals surface area contributed by atoms with E-state index in [9.17, 15) is 14.7 Å². The van der Waals surface area contributed by atoms with Crippen LogP contribution in [0.4, 0.5) is 0 Å². The van der Waals surface area contributed by atoms with Crippen molar-refractivity contribution in [2.24, 2.45) is 28.6 Å². The van der Waals surface area contributed by atoms with Gasteiger partial charge in [-0.15, -0.1) is 0 Å². The van der Waals surface area contributed by atoms with Crippen molar-refractivity contribution in [3.63, 3.8) is 0 Å². The van der Waals surface area contributed by atoms with Gasteiger partial charge < -0.3 is 9.84 Å². The maximum absolute atomic E-state index is 13.1. The molecular weight excluding hydrogens is 292 g/mol. The van der Waals surface area contributed by atoms with Crippen molar-refractivity contribution in [1.82, 2.24) is 0 Å². The van der Waals surface area contributed by atoms with Crippen molar-refractivity contribution in [2.45, 2.75) is 76.6 Å². The number of epoxide rings is 1. The van der Waals surface area contributed by atoms with Gasteiger partial charge >= 0.3 is 0 Å². The van der Waals surface area contributed by atoms with Gasteiger partial charge in [0.25, 0.3) is 0 Å². The zero-order chi connectivity index (χ0) is 16.2. The van der Waals surface area contributed by atoms with Gasteiger partial charge in [-0.3, -0.25) is 9.59 Å². The number of hydrogen-bond donors (Lipinski definition) is 1. The van der Waals surface area contributed by atoms with Gasteiger partial charge in [-0.2, -0.15) is 0 Å². The molecule has 8 atom stereocenters. The third-order valence-electron chi connectivity index (χ3n) is 8.61. The second-order valence-electron chi connectivity index (χ2n) is 9.22. The molecule has 4 nitrogen and oxygen atoms in total. The topological polar surface area (TPSA) is 66.9 Å². The summed E-state index contributed by atoms with van der Waals surface area (Å²) in [5.41, 5.74) is -1.05. The van der Waals surface area contributed by atoms with Crippen LogP contribution in [-0.4, -0.2) is 34.5 Å². The summed E-state index contributed by atoms with van der Waals surface area (Å²) in [5, 5.41) is 10.2. The second kappa shape index (κ2) is 4.08. The Balaban J connectivity index is 1.56. The number of aliphatic hydroxyl groups is 1. The highest BCUT2D eigenvalue weighted by Crippen LogP contribution is 2.71. The first-order chi connectivity index (χ1) is 10.8. The molecule has 5 aliphatic rings. The number of rotatable bonds is 0. The average Bonchev–Trinajstić information content (AvgIpc) is 3.21. The van der Waals surface area contributed by atoms with E-state index >= 15 is 0 Å². The zero-order valence-corrected chi connectivity index (χ0v) is 14.0. The Bertz CT molecular complexity index is 614. The highest BCUT2D eigenvalue weighted by molar-refractivity contribution is 5.94. The lowest BCUT2D eigenvalue weighted by atomic mass is 9.44. The summed E-state index contributed by atoms with van der Waals surface area (Å²) in [5.74, 6) is 1.79. The summed E-state index contributed by atoms with van der Waals surface area (Å²) in [6.07, 6.45) is 5.05. The number of ketones is 2. The van der Waals surface area contributed by atoms with E-state index in [1.807, 2.05) is 0 Å². The first-order valence-electron chi connectivity index (χ1n) is 9.27. The zero-order valence-electron chi connectivity index (χ0n) is 14.0. The first-order valence-corrected chi connectivity index (χ1v) is 9.27. The number of aliphatic hydroxyl groups excluding tert-OH is 1. The largest absolute Gasteiger partial charge is 0.390 e. The molecule has 1 spiro atoms. The van der Waals surface area contributed by atoms with Crippen LogP contribution in [0.5, 0.6) is 0 Å². The van der Waals surface area contributed by atoms with Crippen molar-refractivity contribution in [2.75, 3.05) is 0 Å². The van der Waals surface area contributed by atoms with Gasteiger partial charge in [-0.25, -0.2) is 0 Å². The second-order valence-corrected chi connectivity index (χ2v) is 9.22. The van der Waals surface area contributed by atoms with Gasteiger partial charge in [0.05, 0.1) is 6.10 Å². The molecule has 1 heterocycles. The molecule has 4 aliphatic carbocycles. The van der Waals surface area contributed by atoms with Gasteiger partial charge in [-0.05, 0) is 49.9 Å². The standard InChI is InChI=1S/C19H26O4/c1-17-7-5-12-10(11(17)3-4-14(17)21)9-15(22)19-16(23-19)13(20)6-8-18(12,19)2/h10-13,16,20H,3-9H2,1-2H3/t10-,11-,12-,13-,16-,17-,18+,19-/m0/s1. The number of carbonyl (C=O) groups is 2. The van der Waals surface area contributed by atoms with E-state index in [1.165, 1.54) is 0 Å². The summed E-state index contributed by atoms with van der Waals surface area (Å²) in [6.45, 7) is 4.37. The number of ether oxygens (including phenoxy) is 1. The number of carbonyl (C=O) groups excluding carboxylic acids is 2. The van der Waals surface area contributed by atoms with Gasteiger partial charge in [0.1, 0.15) is 11.9 Å². The van der Waals surface area contributed by atoms with Crippen LogP contribution in [0.25, 0.3) is 0 Å². The van der Waals surface area contributed by atoms with E-state index in [-0.39, 0.29) is 22.7 Å². The number of hydrogen-bond acceptors (Lipinski definition) is 4. The maximum atomic E-state index is 13.1. The fourth-order valence-corrected chi connectivity index (χ4v) is 7.26. The summed E-state index contributed by atoms with van der Waals surface area (Å²) >= 11 is 0. The van der Waals surface area contributed by atoms with E-state index in [1.54, 1.807) is 0 Å². The SMILES string of the molecule is C[C@]12CC[C@H]3[C@@H](CC(=O)[C@]45O[C@H]4[C@@H](O)CC[C@]35C)[C@@H]1CCC2=O. The van der Waals surface area contributed by atoms with Crippen molar-refractivity contribution < 1.29 is 19.4 Å². The first kappa shape index (κ1) is 14.6. The lowest BCUT2D eigenvalue weighted by Gasteiger charge is -2.57. The lowest BCUT2D eigenvalue weighted by Crippen LogP contribution is -2.62. The van der Waals surface area contributed by atoms with Crippen LogP contribution >= 0.6 is 0 Å². The molecule has 0 bridgehead atoms. The summed E-state index contributed by atoms with van der Waals surface area (Å²) in [7, 11) is 0. The maximum Gasteiger partial charge on any atom is 0.168 e. The van der Waals surface area contributed by atoms with E-state index in [2.05, 4.69) is 13.8 Å². The highest BCUT2D eigenvalue weighted by Gasteiger charge is 2.80. The molecule has 0 aromatic carbocycles. The predicted octanol–water partition coefficient (Wildman–Crippen LogP) is 2.27. The Kier molecular flexibility index (Phi) is 2.59. The molecule has 5 fully saturated rings. The minimum absolute atomic E-state index is 0.149. The monoisotopic (exact) mass is 318 g/mol. The van der Waals surface area contributed by atoms with Gasteiger partial charge in [0.15, 0.2) is 11.4 Å². The van der Waals surface area contributed by atoms with Crippen LogP contribution in [-0.2, 0) is 14.3 Å². The van der Waals surface area contributed by atoms with E-state index in [0.717, 1.165) is 32.1 Å². The smallest absolute Gasteiger partial charge is 0.168 e. The van der Waals surface area contributed by atoms with Gasteiger partial charge in [0, 0.05) is 23.7 Å². The fourth-order valence-electron chi connectivity index (χ4n) is 7.26. The molecule has 23 heavy (non-hydrogen) atoms. The third-order valence-corrected chi connectivity index (χ3v) is 8.61. The van der Waals surface area contributed by atoms with Gasteiger partial charge in [0.2, 0.25) is 0 Å². The van der Waals surface area contributed by atoms with Crippen molar-refractivity contribution in [3.8, 4) is 0 Å². The van der Waals surface area contributed by atoms with E-state index in [4.69, 9.17) is 4.74 Å². The van der Waals surface area contributed by atoms with Crippen LogP contribution in [0.2, 0.25) is 0 Å². The molecule has 5 rings (SSSR count). The van der Waals surface area contributed by atoms with Gasteiger partial charge in [-0.1, -0.05) is 13.8 Å². The number of Topliss-reactive ketones (excluding diaryl/α,β-unsaturated/α-hetero) is 2. The Morgan fingerprint density at radius 1 is 1.04 bits per heavy atom. The van der Waals surface area contributed by atoms with Crippen molar-refractivity contribution in [3.05, 3.63) is 0 Å². The molecule has 0 unspecified atom stereocenters. The molecule has 4 heteroatoms. The van der Waals surface area contributed by atoms with Crippen molar-refractivity contribution in [1.29, 1.82) is 0 Å². The molecular formula is C19H26O4.